The van der Waals surface area contributed by atoms with Crippen molar-refractivity contribution >= 4 is 23.4 Å². The lowest BCUT2D eigenvalue weighted by Gasteiger charge is -2.19. The number of para-hydroxylation sites is 1. The fourth-order valence-electron chi connectivity index (χ4n) is 2.70. The molecule has 1 amide bonds. The number of hydrogen-bond acceptors (Lipinski definition) is 5. The number of aromatic amines is 1. The molecule has 2 aromatic carbocycles. The second kappa shape index (κ2) is 9.58. The summed E-state index contributed by atoms with van der Waals surface area (Å²) < 4.78 is 1.53. The first-order valence-electron chi connectivity index (χ1n) is 8.73. The number of nitriles is 1. The fourth-order valence-corrected chi connectivity index (χ4v) is 3.55. The highest BCUT2D eigenvalue weighted by Gasteiger charge is 2.18. The molecule has 1 heterocycles. The minimum atomic E-state index is -0.303. The Hall–Kier alpha value is -3.31. The van der Waals surface area contributed by atoms with Crippen molar-refractivity contribution in [2.45, 2.75) is 18.1 Å². The summed E-state index contributed by atoms with van der Waals surface area (Å²) in [7, 11) is 0. The summed E-state index contributed by atoms with van der Waals surface area (Å²) in [6.07, 6.45) is 0.687. The number of nitrogens with one attached hydrogen (secondary N) is 1. The van der Waals surface area contributed by atoms with E-state index in [0.717, 1.165) is 5.56 Å². The molecular weight excluding hydrogens is 374 g/mol. The lowest BCUT2D eigenvalue weighted by molar-refractivity contribution is -0.116. The third-order valence-electron chi connectivity index (χ3n) is 4.11. The SMILES string of the molecule is N#CCN(C(=O)CSc1n[nH]c(=O)n1CCc1ccccc1)c1ccccc1. The van der Waals surface area contributed by atoms with Crippen molar-refractivity contribution in [1.29, 1.82) is 5.26 Å². The zero-order chi connectivity index (χ0) is 19.8. The molecule has 0 spiro atoms. The lowest BCUT2D eigenvalue weighted by atomic mass is 10.1. The molecule has 8 heteroatoms. The van der Waals surface area contributed by atoms with Gasteiger partial charge in [-0.25, -0.2) is 9.89 Å². The smallest absolute Gasteiger partial charge is 0.298 e. The number of carbonyl (C=O) groups excluding carboxylic acids is 1. The molecule has 0 fully saturated rings. The minimum Gasteiger partial charge on any atom is -0.298 e. The van der Waals surface area contributed by atoms with E-state index in [9.17, 15) is 9.59 Å². The van der Waals surface area contributed by atoms with Gasteiger partial charge in [0.1, 0.15) is 6.54 Å². The molecule has 0 unspecified atom stereocenters. The second-order valence-electron chi connectivity index (χ2n) is 5.96. The van der Waals surface area contributed by atoms with E-state index in [2.05, 4.69) is 10.2 Å². The molecule has 0 saturated carbocycles. The topological polar surface area (TPSA) is 94.8 Å². The molecule has 1 aromatic heterocycles. The Labute approximate surface area is 166 Å². The highest BCUT2D eigenvalue weighted by molar-refractivity contribution is 7.99. The van der Waals surface area contributed by atoms with Crippen LogP contribution in [0.2, 0.25) is 0 Å². The number of aromatic nitrogens is 3. The van der Waals surface area contributed by atoms with E-state index >= 15 is 0 Å². The zero-order valence-corrected chi connectivity index (χ0v) is 15.9. The van der Waals surface area contributed by atoms with Crippen LogP contribution in [0, 0.1) is 11.3 Å². The zero-order valence-electron chi connectivity index (χ0n) is 15.1. The maximum absolute atomic E-state index is 12.6. The van der Waals surface area contributed by atoms with Gasteiger partial charge in [-0.15, -0.1) is 5.10 Å². The van der Waals surface area contributed by atoms with Crippen LogP contribution in [0.5, 0.6) is 0 Å². The average molecular weight is 393 g/mol. The van der Waals surface area contributed by atoms with Crippen LogP contribution < -0.4 is 10.6 Å². The highest BCUT2D eigenvalue weighted by Crippen LogP contribution is 2.18. The van der Waals surface area contributed by atoms with Crippen molar-refractivity contribution < 1.29 is 4.79 Å². The fraction of sp³-hybridized carbons (Fsp3) is 0.200. The number of nitrogens with zero attached hydrogens (tertiary/aromatic N) is 4. The molecule has 7 nitrogen and oxygen atoms in total. The molecule has 3 rings (SSSR count). The number of anilines is 1. The van der Waals surface area contributed by atoms with Crippen molar-refractivity contribution in [2.24, 2.45) is 0 Å². The van der Waals surface area contributed by atoms with E-state index in [1.807, 2.05) is 54.6 Å². The Morgan fingerprint density at radius 1 is 1.14 bits per heavy atom. The molecule has 0 radical (unpaired) electrons. The molecule has 0 saturated heterocycles. The monoisotopic (exact) mass is 393 g/mol. The summed E-state index contributed by atoms with van der Waals surface area (Å²) in [5.74, 6) is -0.144. The first kappa shape index (κ1) is 19.5. The number of rotatable bonds is 8. The number of hydrogen-bond donors (Lipinski definition) is 1. The third-order valence-corrected chi connectivity index (χ3v) is 5.07. The van der Waals surface area contributed by atoms with Gasteiger partial charge in [-0.2, -0.15) is 5.26 Å². The van der Waals surface area contributed by atoms with Gasteiger partial charge >= 0.3 is 5.69 Å². The van der Waals surface area contributed by atoms with Gasteiger partial charge in [-0.1, -0.05) is 60.3 Å². The van der Waals surface area contributed by atoms with Gasteiger partial charge in [0, 0.05) is 12.2 Å². The van der Waals surface area contributed by atoms with Crippen molar-refractivity contribution in [3.8, 4) is 6.07 Å². The van der Waals surface area contributed by atoms with Gasteiger partial charge < -0.3 is 0 Å². The highest BCUT2D eigenvalue weighted by atomic mass is 32.2. The van der Waals surface area contributed by atoms with Crippen molar-refractivity contribution in [3.63, 3.8) is 0 Å². The van der Waals surface area contributed by atoms with Crippen molar-refractivity contribution in [3.05, 3.63) is 76.7 Å². The molecule has 142 valence electrons. The molecular formula is C20H19N5O2S. The summed E-state index contributed by atoms with van der Waals surface area (Å²) in [6, 6.07) is 20.9. The van der Waals surface area contributed by atoms with Crippen molar-refractivity contribution in [2.75, 3.05) is 17.2 Å². The number of benzene rings is 2. The molecule has 1 N–H and O–H groups in total. The first-order valence-corrected chi connectivity index (χ1v) is 9.72. The van der Waals surface area contributed by atoms with Crippen LogP contribution in [0.25, 0.3) is 0 Å². The number of thioether (sulfide) groups is 1. The summed E-state index contributed by atoms with van der Waals surface area (Å²) >= 11 is 1.18. The molecule has 0 aliphatic heterocycles. The molecule has 0 aliphatic carbocycles. The predicted octanol–water partition coefficient (Wildman–Crippen LogP) is 2.46. The summed E-state index contributed by atoms with van der Waals surface area (Å²) in [5, 5.41) is 16.0. The predicted molar refractivity (Wildman–Crippen MR) is 108 cm³/mol. The Morgan fingerprint density at radius 3 is 2.50 bits per heavy atom. The van der Waals surface area contributed by atoms with Gasteiger partial charge in [0.15, 0.2) is 5.16 Å². The van der Waals surface area contributed by atoms with Gasteiger partial charge in [-0.05, 0) is 24.1 Å². The third kappa shape index (κ3) is 4.90. The van der Waals surface area contributed by atoms with Crippen LogP contribution in [0.1, 0.15) is 5.56 Å². The minimum absolute atomic E-state index is 0.0369. The normalized spacial score (nSPS) is 10.4. The molecule has 0 atom stereocenters. The van der Waals surface area contributed by atoms with Crippen LogP contribution in [0.4, 0.5) is 5.69 Å². The van der Waals surface area contributed by atoms with Crippen LogP contribution in [-0.4, -0.2) is 33.0 Å². The molecule has 3 aromatic rings. The van der Waals surface area contributed by atoms with E-state index in [1.165, 1.54) is 21.2 Å². The Balaban J connectivity index is 1.66. The second-order valence-corrected chi connectivity index (χ2v) is 6.90. The molecule has 0 aliphatic rings. The number of carbonyl (C=O) groups is 1. The number of amides is 1. The standard InChI is InChI=1S/C20H19N5O2S/c21-12-14-24(17-9-5-2-6-10-17)18(26)15-28-20-23-22-19(27)25(20)13-11-16-7-3-1-4-8-16/h1-10H,11,13-15H2,(H,22,27). The van der Waals surface area contributed by atoms with E-state index in [0.29, 0.717) is 23.8 Å². The lowest BCUT2D eigenvalue weighted by Crippen LogP contribution is -2.32. The van der Waals surface area contributed by atoms with Gasteiger partial charge in [0.25, 0.3) is 0 Å². The molecule has 28 heavy (non-hydrogen) atoms. The quantitative estimate of drug-likeness (QED) is 0.469. The van der Waals surface area contributed by atoms with E-state index in [-0.39, 0.29) is 23.9 Å². The largest absolute Gasteiger partial charge is 0.343 e. The Morgan fingerprint density at radius 2 is 1.82 bits per heavy atom. The van der Waals surface area contributed by atoms with Gasteiger partial charge in [-0.3, -0.25) is 14.3 Å². The molecule has 0 bridgehead atoms. The maximum Gasteiger partial charge on any atom is 0.343 e. The van der Waals surface area contributed by atoms with E-state index in [4.69, 9.17) is 5.26 Å². The first-order chi connectivity index (χ1) is 13.7. The summed E-state index contributed by atoms with van der Waals surface area (Å²) in [5.41, 5.74) is 1.48. The Kier molecular flexibility index (Phi) is 6.65. The number of aryl methyl sites for hydroxylation is 1. The maximum atomic E-state index is 12.6. The van der Waals surface area contributed by atoms with E-state index < -0.39 is 0 Å². The van der Waals surface area contributed by atoms with Gasteiger partial charge in [0.05, 0.1) is 11.8 Å². The van der Waals surface area contributed by atoms with Crippen LogP contribution >= 0.6 is 11.8 Å². The van der Waals surface area contributed by atoms with Gasteiger partial charge in [0.2, 0.25) is 5.91 Å². The summed E-state index contributed by atoms with van der Waals surface area (Å²) in [4.78, 5) is 26.1. The van der Waals surface area contributed by atoms with Crippen LogP contribution in [-0.2, 0) is 17.8 Å². The number of H-pyrrole nitrogens is 1. The Bertz CT molecular complexity index is 1010. The van der Waals surface area contributed by atoms with Crippen LogP contribution in [0.15, 0.2) is 70.6 Å². The van der Waals surface area contributed by atoms with E-state index in [1.54, 1.807) is 12.1 Å². The van der Waals surface area contributed by atoms with Crippen molar-refractivity contribution in [1.82, 2.24) is 14.8 Å². The summed E-state index contributed by atoms with van der Waals surface area (Å²) in [6.45, 7) is 0.432. The average Bonchev–Trinajstić information content (AvgIpc) is 3.09. The van der Waals surface area contributed by atoms with Crippen LogP contribution in [0.3, 0.4) is 0 Å².